The van der Waals surface area contributed by atoms with Crippen molar-refractivity contribution in [2.45, 2.75) is 6.42 Å². The van der Waals surface area contributed by atoms with Crippen molar-refractivity contribution in [3.8, 4) is 0 Å². The van der Waals surface area contributed by atoms with Gasteiger partial charge in [0.1, 0.15) is 0 Å². The fourth-order valence-corrected chi connectivity index (χ4v) is 0.418. The van der Waals surface area contributed by atoms with Crippen LogP contribution in [0, 0.1) is 0 Å². The van der Waals surface area contributed by atoms with Gasteiger partial charge in [0.15, 0.2) is 0 Å². The minimum Gasteiger partial charge on any atom is -0.481 e. The van der Waals surface area contributed by atoms with Crippen molar-refractivity contribution in [3.05, 3.63) is 0 Å². The molecular formula is C5H10N2O3. The number of carbonyl (C=O) groups is 2. The van der Waals surface area contributed by atoms with Crippen molar-refractivity contribution in [2.24, 2.45) is 0 Å². The predicted molar refractivity (Wildman–Crippen MR) is 34.1 cm³/mol. The van der Waals surface area contributed by atoms with Gasteiger partial charge in [-0.1, -0.05) is 0 Å². The summed E-state index contributed by atoms with van der Waals surface area (Å²) < 4.78 is 0. The van der Waals surface area contributed by atoms with Gasteiger partial charge in [0.05, 0.1) is 6.42 Å². The molecule has 0 spiro atoms. The van der Waals surface area contributed by atoms with Crippen LogP contribution in [-0.2, 0) is 9.59 Å². The van der Waals surface area contributed by atoms with E-state index in [1.807, 2.05) is 0 Å². The van der Waals surface area contributed by atoms with E-state index in [0.717, 1.165) is 0 Å². The van der Waals surface area contributed by atoms with Crippen molar-refractivity contribution < 1.29 is 14.7 Å². The Morgan fingerprint density at radius 2 is 2.40 bits per heavy atom. The van der Waals surface area contributed by atoms with Gasteiger partial charge in [-0.2, -0.15) is 0 Å². The average molecular weight is 146 g/mol. The van der Waals surface area contributed by atoms with E-state index in [9.17, 15) is 9.59 Å². The van der Waals surface area contributed by atoms with E-state index in [0.29, 0.717) is 13.0 Å². The Labute approximate surface area is 58.6 Å². The Bertz CT molecular complexity index is 126. The Morgan fingerprint density at radius 3 is 2.80 bits per heavy atom. The van der Waals surface area contributed by atoms with E-state index in [-0.39, 0.29) is 6.42 Å². The Hall–Kier alpha value is -1.10. The number of carboxylic acids is 1. The van der Waals surface area contributed by atoms with Gasteiger partial charge in [-0.15, -0.1) is 0 Å². The third-order valence-electron chi connectivity index (χ3n) is 0.934. The van der Waals surface area contributed by atoms with Crippen LogP contribution in [0.1, 0.15) is 6.42 Å². The number of nitrogens with one attached hydrogen (secondary N) is 1. The summed E-state index contributed by atoms with van der Waals surface area (Å²) in [5, 5.41) is 9.59. The molecule has 1 amide bonds. The highest BCUT2D eigenvalue weighted by Gasteiger charge is 1.99. The molecule has 5 heteroatoms. The molecule has 0 aromatic rings. The molecule has 0 aromatic heterocycles. The molecule has 0 rings (SSSR count). The zero-order valence-electron chi connectivity index (χ0n) is 5.70. The van der Waals surface area contributed by atoms with Gasteiger partial charge in [-0.3, -0.25) is 15.0 Å². The van der Waals surface area contributed by atoms with Crippen LogP contribution in [-0.4, -0.2) is 36.1 Å². The van der Waals surface area contributed by atoms with E-state index in [1.54, 1.807) is 7.05 Å². The van der Waals surface area contributed by atoms with Gasteiger partial charge < -0.3 is 5.11 Å². The van der Waals surface area contributed by atoms with Gasteiger partial charge in [0.25, 0.3) is 0 Å². The number of nitrogens with zero attached hydrogens (tertiary/aromatic N) is 1. The normalized spacial score (nSPS) is 9.40. The molecular weight excluding hydrogens is 136 g/mol. The lowest BCUT2D eigenvalue weighted by molar-refractivity contribution is -0.137. The summed E-state index contributed by atoms with van der Waals surface area (Å²) in [5.41, 5.74) is 2.29. The Balaban J connectivity index is 3.29. The van der Waals surface area contributed by atoms with Crippen molar-refractivity contribution in [1.82, 2.24) is 10.4 Å². The maximum absolute atomic E-state index is 9.97. The van der Waals surface area contributed by atoms with Gasteiger partial charge >= 0.3 is 5.97 Å². The fraction of sp³-hybridized carbons (Fsp3) is 0.600. The number of hydrazine groups is 1. The number of hydrogen-bond donors (Lipinski definition) is 2. The van der Waals surface area contributed by atoms with E-state index in [2.05, 4.69) is 5.43 Å². The lowest BCUT2D eigenvalue weighted by Crippen LogP contribution is -2.34. The van der Waals surface area contributed by atoms with Crippen LogP contribution in [0.5, 0.6) is 0 Å². The lowest BCUT2D eigenvalue weighted by Gasteiger charge is -2.11. The molecule has 5 nitrogen and oxygen atoms in total. The molecule has 0 atom stereocenters. The highest BCUT2D eigenvalue weighted by Crippen LogP contribution is 1.80. The second-order valence-electron chi connectivity index (χ2n) is 1.81. The lowest BCUT2D eigenvalue weighted by atomic mass is 10.4. The van der Waals surface area contributed by atoms with Gasteiger partial charge in [-0.05, 0) is 0 Å². The van der Waals surface area contributed by atoms with Crippen molar-refractivity contribution in [2.75, 3.05) is 13.6 Å². The van der Waals surface area contributed by atoms with Crippen LogP contribution in [0.4, 0.5) is 0 Å². The first-order valence-electron chi connectivity index (χ1n) is 2.79. The molecule has 2 N–H and O–H groups in total. The number of carbonyl (C=O) groups excluding carboxylic acids is 1. The predicted octanol–water partition coefficient (Wildman–Crippen LogP) is -0.946. The number of hydrogen-bond acceptors (Lipinski definition) is 3. The van der Waals surface area contributed by atoms with Gasteiger partial charge in [0.2, 0.25) is 6.41 Å². The van der Waals surface area contributed by atoms with Crippen LogP contribution < -0.4 is 5.43 Å². The second-order valence-corrected chi connectivity index (χ2v) is 1.81. The molecule has 0 fully saturated rings. The molecule has 0 bridgehead atoms. The summed E-state index contributed by atoms with van der Waals surface area (Å²) in [6, 6.07) is 0. The largest absolute Gasteiger partial charge is 0.481 e. The molecule has 58 valence electrons. The minimum absolute atomic E-state index is 0.0251. The maximum Gasteiger partial charge on any atom is 0.304 e. The van der Waals surface area contributed by atoms with Crippen molar-refractivity contribution in [1.29, 1.82) is 0 Å². The van der Waals surface area contributed by atoms with E-state index in [4.69, 9.17) is 5.11 Å². The first-order chi connectivity index (χ1) is 4.66. The SMILES string of the molecule is CN(CCC(=O)O)NC=O. The minimum atomic E-state index is -0.875. The molecule has 0 unspecified atom stereocenters. The smallest absolute Gasteiger partial charge is 0.304 e. The van der Waals surface area contributed by atoms with Crippen molar-refractivity contribution >= 4 is 12.4 Å². The molecule has 0 heterocycles. The van der Waals surface area contributed by atoms with Crippen LogP contribution in [0.2, 0.25) is 0 Å². The van der Waals surface area contributed by atoms with E-state index < -0.39 is 5.97 Å². The first kappa shape index (κ1) is 8.90. The van der Waals surface area contributed by atoms with E-state index in [1.165, 1.54) is 5.01 Å². The van der Waals surface area contributed by atoms with E-state index >= 15 is 0 Å². The third kappa shape index (κ3) is 5.04. The number of rotatable bonds is 5. The maximum atomic E-state index is 9.97. The highest BCUT2D eigenvalue weighted by atomic mass is 16.4. The Kier molecular flexibility index (Phi) is 4.23. The summed E-state index contributed by atoms with van der Waals surface area (Å²) in [4.78, 5) is 19.7. The summed E-state index contributed by atoms with van der Waals surface area (Å²) in [6.07, 6.45) is 0.527. The number of carboxylic acid groups (broad SMARTS) is 1. The summed E-state index contributed by atoms with van der Waals surface area (Å²) in [7, 11) is 1.59. The first-order valence-corrected chi connectivity index (χ1v) is 2.79. The molecule has 0 aliphatic rings. The molecule has 0 saturated carbocycles. The van der Waals surface area contributed by atoms with Crippen LogP contribution in [0.3, 0.4) is 0 Å². The zero-order valence-corrected chi connectivity index (χ0v) is 5.70. The molecule has 0 saturated heterocycles. The standard InChI is InChI=1S/C5H10N2O3/c1-7(6-4-8)3-2-5(9)10/h4H,2-3H2,1H3,(H,6,8)(H,9,10). The molecule has 0 radical (unpaired) electrons. The third-order valence-corrected chi connectivity index (χ3v) is 0.934. The monoisotopic (exact) mass is 146 g/mol. The molecule has 0 aliphatic heterocycles. The van der Waals surface area contributed by atoms with Crippen molar-refractivity contribution in [3.63, 3.8) is 0 Å². The van der Waals surface area contributed by atoms with Crippen LogP contribution in [0.25, 0.3) is 0 Å². The zero-order chi connectivity index (χ0) is 7.98. The quantitative estimate of drug-likeness (QED) is 0.387. The number of amides is 1. The molecule has 0 aromatic carbocycles. The summed E-state index contributed by atoms with van der Waals surface area (Å²) >= 11 is 0. The molecule has 0 aliphatic carbocycles. The second kappa shape index (κ2) is 4.75. The average Bonchev–Trinajstić information content (AvgIpc) is 1.85. The molecule has 10 heavy (non-hydrogen) atoms. The van der Waals surface area contributed by atoms with Gasteiger partial charge in [-0.25, -0.2) is 5.01 Å². The Morgan fingerprint density at radius 1 is 1.80 bits per heavy atom. The highest BCUT2D eigenvalue weighted by molar-refractivity contribution is 5.66. The van der Waals surface area contributed by atoms with Crippen LogP contribution >= 0.6 is 0 Å². The fourth-order valence-electron chi connectivity index (χ4n) is 0.418. The number of aliphatic carboxylic acids is 1. The van der Waals surface area contributed by atoms with Crippen LogP contribution in [0.15, 0.2) is 0 Å². The topological polar surface area (TPSA) is 69.6 Å². The summed E-state index contributed by atoms with van der Waals surface area (Å²) in [6.45, 7) is 0.314. The summed E-state index contributed by atoms with van der Waals surface area (Å²) in [5.74, 6) is -0.875. The van der Waals surface area contributed by atoms with Gasteiger partial charge in [0, 0.05) is 13.6 Å².